The van der Waals surface area contributed by atoms with Gasteiger partial charge in [-0.15, -0.1) is 11.3 Å². The van der Waals surface area contributed by atoms with E-state index >= 15 is 4.39 Å². The molecule has 3 heterocycles. The lowest BCUT2D eigenvalue weighted by Crippen LogP contribution is -2.20. The van der Waals surface area contributed by atoms with E-state index in [1.54, 1.807) is 0 Å². The van der Waals surface area contributed by atoms with E-state index in [9.17, 15) is 23.5 Å². The Morgan fingerprint density at radius 1 is 1.18 bits per heavy atom. The van der Waals surface area contributed by atoms with Crippen LogP contribution in [0.5, 0.6) is 0 Å². The summed E-state index contributed by atoms with van der Waals surface area (Å²) in [6.07, 6.45) is 3.46. The zero-order valence-corrected chi connectivity index (χ0v) is 17.8. The molecule has 5 rings (SSSR count). The van der Waals surface area contributed by atoms with Crippen molar-refractivity contribution in [1.82, 2.24) is 9.55 Å². The highest BCUT2D eigenvalue weighted by molar-refractivity contribution is 7.15. The summed E-state index contributed by atoms with van der Waals surface area (Å²) in [6.45, 7) is 0. The number of aromatic carboxylic acids is 1. The number of rotatable bonds is 3. The quantitative estimate of drug-likeness (QED) is 0.456. The zero-order chi connectivity index (χ0) is 23.4. The van der Waals surface area contributed by atoms with Gasteiger partial charge in [-0.1, -0.05) is 0 Å². The zero-order valence-electron chi connectivity index (χ0n) is 16.9. The molecule has 0 spiro atoms. The van der Waals surface area contributed by atoms with Crippen molar-refractivity contribution in [1.29, 1.82) is 0 Å². The van der Waals surface area contributed by atoms with Crippen LogP contribution in [0.25, 0.3) is 27.3 Å². The number of nitrogens with zero attached hydrogens (tertiary/aromatic N) is 2. The molecule has 0 saturated heterocycles. The minimum atomic E-state index is -1.57. The number of carbonyl (C=O) groups is 1. The summed E-state index contributed by atoms with van der Waals surface area (Å²) in [4.78, 5) is 30.1. The molecular formula is C23H16F3N3O3S. The highest BCUT2D eigenvalue weighted by atomic mass is 32.1. The molecule has 0 aliphatic heterocycles. The maximum absolute atomic E-state index is 15.1. The lowest BCUT2D eigenvalue weighted by molar-refractivity contribution is 0.0695. The highest BCUT2D eigenvalue weighted by Crippen LogP contribution is 2.40. The summed E-state index contributed by atoms with van der Waals surface area (Å²) in [5.74, 6) is -4.22. The second-order valence-corrected chi connectivity index (χ2v) is 8.92. The Hall–Kier alpha value is -3.50. The monoisotopic (exact) mass is 471 g/mol. The Labute approximate surface area is 188 Å². The molecule has 1 unspecified atom stereocenters. The van der Waals surface area contributed by atoms with Gasteiger partial charge in [-0.2, -0.15) is 0 Å². The Balaban J connectivity index is 1.82. The number of carboxylic acid groups (broad SMARTS) is 1. The van der Waals surface area contributed by atoms with Crippen LogP contribution in [0.2, 0.25) is 0 Å². The number of hydrogen-bond acceptors (Lipinski definition) is 5. The van der Waals surface area contributed by atoms with Crippen molar-refractivity contribution in [3.05, 3.63) is 80.2 Å². The van der Waals surface area contributed by atoms with E-state index in [0.29, 0.717) is 10.9 Å². The summed E-state index contributed by atoms with van der Waals surface area (Å²) in [5.41, 5.74) is 5.09. The molecule has 1 aromatic carbocycles. The van der Waals surface area contributed by atoms with Crippen LogP contribution in [0.1, 0.15) is 39.7 Å². The van der Waals surface area contributed by atoms with Crippen LogP contribution in [-0.2, 0) is 6.42 Å². The van der Waals surface area contributed by atoms with E-state index in [0.717, 1.165) is 58.7 Å². The third-order valence-corrected chi connectivity index (χ3v) is 7.02. The van der Waals surface area contributed by atoms with Crippen molar-refractivity contribution >= 4 is 28.3 Å². The SMILES string of the molecule is NC1CCCc2cc(-c3nc4c(cc3F)c(=O)c(C(=O)O)cn4-c3ccc(F)cc3F)sc21. The first kappa shape index (κ1) is 21.4. The predicted octanol–water partition coefficient (Wildman–Crippen LogP) is 4.57. The fourth-order valence-electron chi connectivity index (χ4n) is 4.12. The lowest BCUT2D eigenvalue weighted by atomic mass is 9.95. The fraction of sp³-hybridized carbons (Fsp3) is 0.174. The number of aromatic nitrogens is 2. The van der Waals surface area contributed by atoms with E-state index in [2.05, 4.69) is 4.98 Å². The molecular weight excluding hydrogens is 455 g/mol. The number of aryl methyl sites for hydroxylation is 1. The van der Waals surface area contributed by atoms with Crippen molar-refractivity contribution < 1.29 is 23.1 Å². The number of fused-ring (bicyclic) bond motifs is 2. The van der Waals surface area contributed by atoms with Gasteiger partial charge in [0.25, 0.3) is 0 Å². The van der Waals surface area contributed by atoms with Gasteiger partial charge in [0, 0.05) is 23.2 Å². The van der Waals surface area contributed by atoms with Gasteiger partial charge < -0.3 is 10.8 Å². The number of benzene rings is 1. The smallest absolute Gasteiger partial charge is 0.341 e. The van der Waals surface area contributed by atoms with Gasteiger partial charge in [-0.05, 0) is 49.1 Å². The highest BCUT2D eigenvalue weighted by Gasteiger charge is 2.25. The van der Waals surface area contributed by atoms with Crippen LogP contribution in [-0.4, -0.2) is 20.6 Å². The summed E-state index contributed by atoms with van der Waals surface area (Å²) in [5, 5.41) is 9.10. The molecule has 10 heteroatoms. The van der Waals surface area contributed by atoms with Gasteiger partial charge in [0.1, 0.15) is 28.5 Å². The van der Waals surface area contributed by atoms with E-state index in [1.165, 1.54) is 11.3 Å². The first-order valence-corrected chi connectivity index (χ1v) is 10.9. The number of nitrogens with two attached hydrogens (primary N) is 1. The van der Waals surface area contributed by atoms with E-state index in [-0.39, 0.29) is 28.5 Å². The number of halogens is 3. The average molecular weight is 471 g/mol. The van der Waals surface area contributed by atoms with Gasteiger partial charge in [0.15, 0.2) is 5.82 Å². The molecule has 6 nitrogen and oxygen atoms in total. The Kier molecular flexibility index (Phi) is 5.06. The van der Waals surface area contributed by atoms with Gasteiger partial charge in [-0.3, -0.25) is 9.36 Å². The second kappa shape index (κ2) is 7.82. The molecule has 1 atom stereocenters. The average Bonchev–Trinajstić information content (AvgIpc) is 3.20. The topological polar surface area (TPSA) is 98.2 Å². The fourth-order valence-corrected chi connectivity index (χ4v) is 5.36. The van der Waals surface area contributed by atoms with E-state index < -0.39 is 34.4 Å². The molecule has 0 radical (unpaired) electrons. The van der Waals surface area contributed by atoms with Crippen LogP contribution >= 0.6 is 11.3 Å². The Morgan fingerprint density at radius 3 is 2.67 bits per heavy atom. The number of pyridine rings is 2. The largest absolute Gasteiger partial charge is 0.477 e. The van der Waals surface area contributed by atoms with Gasteiger partial charge in [0.2, 0.25) is 5.43 Å². The molecule has 0 amide bonds. The number of carboxylic acids is 1. The molecule has 3 aromatic heterocycles. The van der Waals surface area contributed by atoms with Gasteiger partial charge in [-0.25, -0.2) is 22.9 Å². The summed E-state index contributed by atoms with van der Waals surface area (Å²) in [6, 6.07) is 5.26. The minimum absolute atomic E-state index is 0.0622. The van der Waals surface area contributed by atoms with E-state index in [1.807, 2.05) is 6.07 Å². The lowest BCUT2D eigenvalue weighted by Gasteiger charge is -2.17. The van der Waals surface area contributed by atoms with Crippen LogP contribution in [0.4, 0.5) is 13.2 Å². The maximum atomic E-state index is 15.1. The van der Waals surface area contributed by atoms with Crippen LogP contribution in [0, 0.1) is 17.5 Å². The van der Waals surface area contributed by atoms with Crippen molar-refractivity contribution in [3.8, 4) is 16.3 Å². The Morgan fingerprint density at radius 2 is 1.97 bits per heavy atom. The molecule has 3 N–H and O–H groups in total. The molecule has 0 fully saturated rings. The first-order valence-electron chi connectivity index (χ1n) is 10.1. The van der Waals surface area contributed by atoms with Crippen molar-refractivity contribution in [2.45, 2.75) is 25.3 Å². The van der Waals surface area contributed by atoms with Crippen LogP contribution in [0.3, 0.4) is 0 Å². The maximum Gasteiger partial charge on any atom is 0.341 e. The van der Waals surface area contributed by atoms with Crippen molar-refractivity contribution in [2.24, 2.45) is 5.73 Å². The second-order valence-electron chi connectivity index (χ2n) is 7.83. The molecule has 168 valence electrons. The molecule has 0 saturated carbocycles. The summed E-state index contributed by atoms with van der Waals surface area (Å²) in [7, 11) is 0. The van der Waals surface area contributed by atoms with Crippen molar-refractivity contribution in [2.75, 3.05) is 0 Å². The Bertz CT molecular complexity index is 1510. The number of hydrogen-bond donors (Lipinski definition) is 2. The third kappa shape index (κ3) is 3.51. The molecule has 0 bridgehead atoms. The van der Waals surface area contributed by atoms with E-state index in [4.69, 9.17) is 5.73 Å². The molecule has 4 aromatic rings. The standard InChI is InChI=1S/C23H16F3N3O3S/c24-11-4-5-17(14(25)7-11)29-9-13(23(31)32)20(30)12-8-15(26)19(28-22(12)29)18-6-10-2-1-3-16(27)21(10)33-18/h4-9,16H,1-3,27H2,(H,31,32). The molecule has 1 aliphatic rings. The predicted molar refractivity (Wildman–Crippen MR) is 117 cm³/mol. The van der Waals surface area contributed by atoms with Crippen LogP contribution < -0.4 is 11.2 Å². The van der Waals surface area contributed by atoms with Gasteiger partial charge in [0.05, 0.1) is 16.0 Å². The molecule has 1 aliphatic carbocycles. The normalized spacial score (nSPS) is 15.6. The number of thiophene rings is 1. The third-order valence-electron chi connectivity index (χ3n) is 5.70. The summed E-state index contributed by atoms with van der Waals surface area (Å²) >= 11 is 1.31. The minimum Gasteiger partial charge on any atom is -0.477 e. The summed E-state index contributed by atoms with van der Waals surface area (Å²) < 4.78 is 44.2. The first-order chi connectivity index (χ1) is 15.7. The van der Waals surface area contributed by atoms with Gasteiger partial charge >= 0.3 is 5.97 Å². The van der Waals surface area contributed by atoms with Crippen LogP contribution in [0.15, 0.2) is 41.3 Å². The molecule has 33 heavy (non-hydrogen) atoms. The van der Waals surface area contributed by atoms with Crippen molar-refractivity contribution in [3.63, 3.8) is 0 Å².